The van der Waals surface area contributed by atoms with Crippen LogP contribution in [-0.4, -0.2) is 48.0 Å². The number of rotatable bonds is 41. The predicted molar refractivity (Wildman–Crippen MR) is 240 cm³/mol. The van der Waals surface area contributed by atoms with E-state index < -0.39 is 23.9 Å². The Hall–Kier alpha value is -3.30. The summed E-state index contributed by atoms with van der Waals surface area (Å²) in [6, 6.07) is 0. The van der Waals surface area contributed by atoms with Gasteiger partial charge in [0.15, 0.2) is 0 Å². The molecule has 0 aliphatic rings. The highest BCUT2D eigenvalue weighted by atomic mass is 16.6. The van der Waals surface area contributed by atoms with Crippen molar-refractivity contribution in [1.82, 2.24) is 0 Å². The monoisotopic (exact) mass is 847 g/mol. The van der Waals surface area contributed by atoms with Gasteiger partial charge in [0.2, 0.25) is 0 Å². The molecule has 0 aromatic carbocycles. The third-order valence-corrected chi connectivity index (χ3v) is 10.5. The second kappa shape index (κ2) is 42.4. The maximum Gasteiger partial charge on any atom is 0.313 e. The van der Waals surface area contributed by atoms with E-state index >= 15 is 0 Å². The molecule has 10 nitrogen and oxygen atoms in total. The molecule has 0 aromatic rings. The van der Waals surface area contributed by atoms with Gasteiger partial charge in [-0.25, -0.2) is 0 Å². The fourth-order valence-corrected chi connectivity index (χ4v) is 6.79. The second-order valence-corrected chi connectivity index (χ2v) is 16.3. The van der Waals surface area contributed by atoms with Gasteiger partial charge in [0.1, 0.15) is 12.2 Å². The number of unbranched alkanes of at least 4 members (excludes halogenated alkanes) is 19. The Kier molecular flexibility index (Phi) is 40.1. The molecule has 0 spiro atoms. The third kappa shape index (κ3) is 38.9. The lowest BCUT2D eigenvalue weighted by Crippen LogP contribution is -2.17. The summed E-state index contributed by atoms with van der Waals surface area (Å²) in [4.78, 5) is 71.8. The van der Waals surface area contributed by atoms with Gasteiger partial charge in [-0.2, -0.15) is 0 Å². The van der Waals surface area contributed by atoms with Crippen molar-refractivity contribution in [2.45, 2.75) is 258 Å². The van der Waals surface area contributed by atoms with E-state index in [4.69, 9.17) is 18.9 Å². The van der Waals surface area contributed by atoms with Crippen molar-refractivity contribution in [2.75, 3.05) is 0 Å². The average Bonchev–Trinajstić information content (AvgIpc) is 3.22. The van der Waals surface area contributed by atoms with Gasteiger partial charge in [0.25, 0.3) is 0 Å². The smallest absolute Gasteiger partial charge is 0.313 e. The van der Waals surface area contributed by atoms with Gasteiger partial charge in [-0.1, -0.05) is 142 Å². The molecule has 0 N–H and O–H groups in total. The number of carbonyl (C=O) groups is 6. The molecule has 0 saturated carbocycles. The van der Waals surface area contributed by atoms with Crippen molar-refractivity contribution in [3.8, 4) is 0 Å². The highest BCUT2D eigenvalue weighted by Gasteiger charge is 2.14. The Labute approximate surface area is 365 Å². The SMILES string of the molecule is CCCCCCC(C/C=C\CCCCCCC(=O)OC(=O)CCCCCCCCC(=O)OC(=O)CCCCCC/C=C\CC(CCCCCC)OC(=O)CC)OC(=O)CC. The van der Waals surface area contributed by atoms with Crippen LogP contribution >= 0.6 is 0 Å². The van der Waals surface area contributed by atoms with Crippen LogP contribution in [0, 0.1) is 0 Å². The Bertz CT molecular complexity index is 1090. The van der Waals surface area contributed by atoms with Crippen LogP contribution in [-0.2, 0) is 47.7 Å². The summed E-state index contributed by atoms with van der Waals surface area (Å²) in [5.41, 5.74) is 0. The lowest BCUT2D eigenvalue weighted by atomic mass is 10.1. The summed E-state index contributed by atoms with van der Waals surface area (Å²) in [6.07, 6.45) is 36.8. The summed E-state index contributed by atoms with van der Waals surface area (Å²) < 4.78 is 21.2. The standard InChI is InChI=1S/C50H86O10/c1-5-9-11-27-35-43(57-45(51)7-3)37-29-21-15-13-17-23-31-39-47(53)59-49(55)41-33-25-19-20-26-34-42-50(56)60-48(54)40-32-24-18-14-16-22-30-38-44(58-46(52)8-4)36-28-12-10-6-2/h21-22,29-30,43-44H,5-20,23-28,31-42H2,1-4H3/b29-21-,30-22-. The molecule has 2 unspecified atom stereocenters. The largest absolute Gasteiger partial charge is 0.462 e. The molecule has 0 rings (SSSR count). The molecular weight excluding hydrogens is 761 g/mol. The van der Waals surface area contributed by atoms with Gasteiger partial charge in [-0.15, -0.1) is 0 Å². The fourth-order valence-electron chi connectivity index (χ4n) is 6.79. The number of hydrogen-bond acceptors (Lipinski definition) is 10. The molecule has 0 aliphatic carbocycles. The van der Waals surface area contributed by atoms with Crippen LogP contribution in [0.2, 0.25) is 0 Å². The van der Waals surface area contributed by atoms with E-state index in [1.807, 2.05) is 13.8 Å². The van der Waals surface area contributed by atoms with Crippen LogP contribution < -0.4 is 0 Å². The second-order valence-electron chi connectivity index (χ2n) is 16.3. The molecule has 10 heteroatoms. The third-order valence-electron chi connectivity index (χ3n) is 10.5. The number of ether oxygens (including phenoxy) is 4. The van der Waals surface area contributed by atoms with E-state index in [9.17, 15) is 28.8 Å². The topological polar surface area (TPSA) is 139 Å². The van der Waals surface area contributed by atoms with Crippen LogP contribution in [0.1, 0.15) is 246 Å². The van der Waals surface area contributed by atoms with Crippen molar-refractivity contribution < 1.29 is 47.7 Å². The van der Waals surface area contributed by atoms with Gasteiger partial charge < -0.3 is 18.9 Å². The number of esters is 6. The fraction of sp³-hybridized carbons (Fsp3) is 0.800. The normalized spacial score (nSPS) is 12.4. The zero-order valence-electron chi connectivity index (χ0n) is 38.6. The van der Waals surface area contributed by atoms with Crippen LogP contribution in [0.25, 0.3) is 0 Å². The number of carbonyl (C=O) groups excluding carboxylic acids is 6. The molecule has 0 radical (unpaired) electrons. The zero-order valence-corrected chi connectivity index (χ0v) is 38.6. The summed E-state index contributed by atoms with van der Waals surface area (Å²) in [5, 5.41) is 0. The van der Waals surface area contributed by atoms with Crippen molar-refractivity contribution in [3.05, 3.63) is 24.3 Å². The van der Waals surface area contributed by atoms with Crippen molar-refractivity contribution in [2.24, 2.45) is 0 Å². The summed E-state index contributed by atoms with van der Waals surface area (Å²) in [5.74, 6) is -2.12. The average molecular weight is 847 g/mol. The molecule has 2 atom stereocenters. The van der Waals surface area contributed by atoms with Crippen LogP contribution in [0.5, 0.6) is 0 Å². The van der Waals surface area contributed by atoms with Gasteiger partial charge >= 0.3 is 35.8 Å². The number of hydrogen-bond donors (Lipinski definition) is 0. The van der Waals surface area contributed by atoms with E-state index in [0.29, 0.717) is 38.5 Å². The first kappa shape index (κ1) is 56.7. The molecule has 0 aliphatic heterocycles. The number of allylic oxidation sites excluding steroid dienone is 2. The Morgan fingerprint density at radius 2 is 0.650 bits per heavy atom. The minimum Gasteiger partial charge on any atom is -0.462 e. The van der Waals surface area contributed by atoms with E-state index in [1.54, 1.807) is 0 Å². The molecule has 0 aromatic heterocycles. The zero-order chi connectivity index (χ0) is 44.3. The molecule has 0 fully saturated rings. The summed E-state index contributed by atoms with van der Waals surface area (Å²) in [7, 11) is 0. The van der Waals surface area contributed by atoms with E-state index in [1.165, 1.54) is 38.5 Å². The van der Waals surface area contributed by atoms with E-state index in [0.717, 1.165) is 116 Å². The maximum absolute atomic E-state index is 12.1. The highest BCUT2D eigenvalue weighted by molar-refractivity contribution is 5.85. The van der Waals surface area contributed by atoms with Crippen LogP contribution in [0.15, 0.2) is 24.3 Å². The van der Waals surface area contributed by atoms with Crippen LogP contribution in [0.4, 0.5) is 0 Å². The molecule has 60 heavy (non-hydrogen) atoms. The minimum absolute atomic E-state index is 0.0389. The molecular formula is C50H86O10. The molecule has 346 valence electrons. The highest BCUT2D eigenvalue weighted by Crippen LogP contribution is 2.16. The quantitative estimate of drug-likeness (QED) is 0.0192. The minimum atomic E-state index is -0.468. The van der Waals surface area contributed by atoms with Crippen LogP contribution in [0.3, 0.4) is 0 Å². The van der Waals surface area contributed by atoms with Gasteiger partial charge in [-0.05, 0) is 77.0 Å². The first-order valence-electron chi connectivity index (χ1n) is 24.3. The van der Waals surface area contributed by atoms with Gasteiger partial charge in [0, 0.05) is 51.4 Å². The molecule has 0 saturated heterocycles. The molecule has 0 bridgehead atoms. The van der Waals surface area contributed by atoms with Gasteiger partial charge in [-0.3, -0.25) is 28.8 Å². The van der Waals surface area contributed by atoms with E-state index in [-0.39, 0.29) is 49.8 Å². The lowest BCUT2D eigenvalue weighted by molar-refractivity contribution is -0.161. The first-order valence-corrected chi connectivity index (χ1v) is 24.3. The van der Waals surface area contributed by atoms with Crippen molar-refractivity contribution >= 4 is 35.8 Å². The summed E-state index contributed by atoms with van der Waals surface area (Å²) in [6.45, 7) is 8.02. The first-order chi connectivity index (χ1) is 29.1. The van der Waals surface area contributed by atoms with E-state index in [2.05, 4.69) is 38.2 Å². The molecule has 0 amide bonds. The maximum atomic E-state index is 12.1. The van der Waals surface area contributed by atoms with Gasteiger partial charge in [0.05, 0.1) is 0 Å². The predicted octanol–water partition coefficient (Wildman–Crippen LogP) is 13.4. The lowest BCUT2D eigenvalue weighted by Gasteiger charge is -2.16. The Balaban J connectivity index is 3.79. The van der Waals surface area contributed by atoms with Crippen molar-refractivity contribution in [3.63, 3.8) is 0 Å². The summed E-state index contributed by atoms with van der Waals surface area (Å²) >= 11 is 0. The molecule has 0 heterocycles. The Morgan fingerprint density at radius 3 is 0.967 bits per heavy atom. The van der Waals surface area contributed by atoms with Crippen molar-refractivity contribution in [1.29, 1.82) is 0 Å². The Morgan fingerprint density at radius 1 is 0.350 bits per heavy atom.